The Labute approximate surface area is 161 Å². The molecule has 2 aromatic carbocycles. The van der Waals surface area contributed by atoms with E-state index in [-0.39, 0.29) is 19.1 Å². The van der Waals surface area contributed by atoms with Gasteiger partial charge in [0.1, 0.15) is 0 Å². The van der Waals surface area contributed by atoms with Crippen LogP contribution < -0.4 is 5.32 Å². The zero-order chi connectivity index (χ0) is 18.4. The van der Waals surface area contributed by atoms with Gasteiger partial charge in [-0.25, -0.2) is 0 Å². The van der Waals surface area contributed by atoms with Crippen LogP contribution in [-0.2, 0) is 20.7 Å². The molecular weight excluding hydrogens is 385 g/mol. The Balaban J connectivity index is 1.82. The molecule has 0 radical (unpaired) electrons. The molecule has 1 N–H and O–H groups in total. The highest BCUT2D eigenvalue weighted by atomic mass is 35.5. The normalized spacial score (nSPS) is 11.7. The van der Waals surface area contributed by atoms with Crippen LogP contribution in [0, 0.1) is 0 Å². The highest BCUT2D eigenvalue weighted by Gasteiger charge is 2.13. The van der Waals surface area contributed by atoms with Gasteiger partial charge < -0.3 is 10.1 Å². The van der Waals surface area contributed by atoms with Crippen LogP contribution in [0.2, 0.25) is 15.1 Å². The van der Waals surface area contributed by atoms with Gasteiger partial charge in [-0.3, -0.25) is 9.59 Å². The Kier molecular flexibility index (Phi) is 7.12. The highest BCUT2D eigenvalue weighted by Crippen LogP contribution is 2.21. The minimum Gasteiger partial charge on any atom is -0.455 e. The second kappa shape index (κ2) is 9.09. The van der Waals surface area contributed by atoms with E-state index in [0.717, 1.165) is 5.56 Å². The lowest BCUT2D eigenvalue weighted by molar-refractivity contribution is -0.148. The number of hydrogen-bond donors (Lipinski definition) is 1. The molecule has 0 fully saturated rings. The van der Waals surface area contributed by atoms with E-state index in [9.17, 15) is 9.59 Å². The number of halogens is 3. The first kappa shape index (κ1) is 19.6. The summed E-state index contributed by atoms with van der Waals surface area (Å²) in [7, 11) is 0. The maximum atomic E-state index is 11.9. The first-order valence-electron chi connectivity index (χ1n) is 7.49. The number of benzene rings is 2. The van der Waals surface area contributed by atoms with Gasteiger partial charge in [0.2, 0.25) is 0 Å². The minimum absolute atomic E-state index is 0.0346. The summed E-state index contributed by atoms with van der Waals surface area (Å²) >= 11 is 17.7. The monoisotopic (exact) mass is 399 g/mol. The van der Waals surface area contributed by atoms with E-state index in [1.165, 1.54) is 0 Å². The molecule has 1 amide bonds. The van der Waals surface area contributed by atoms with E-state index < -0.39 is 11.9 Å². The van der Waals surface area contributed by atoms with E-state index in [1.807, 2.05) is 13.0 Å². The molecule has 0 aliphatic rings. The molecule has 0 aromatic heterocycles. The van der Waals surface area contributed by atoms with Gasteiger partial charge >= 0.3 is 5.97 Å². The second-order valence-corrected chi connectivity index (χ2v) is 6.70. The average molecular weight is 401 g/mol. The summed E-state index contributed by atoms with van der Waals surface area (Å²) < 4.78 is 4.98. The van der Waals surface area contributed by atoms with E-state index in [1.54, 1.807) is 36.4 Å². The molecule has 0 heterocycles. The number of rotatable bonds is 6. The van der Waals surface area contributed by atoms with E-state index in [0.29, 0.717) is 20.6 Å². The molecule has 0 saturated carbocycles. The lowest BCUT2D eigenvalue weighted by Gasteiger charge is -2.14. The van der Waals surface area contributed by atoms with Gasteiger partial charge in [0.05, 0.1) is 12.5 Å². The molecule has 4 nitrogen and oxygen atoms in total. The quantitative estimate of drug-likeness (QED) is 0.720. The summed E-state index contributed by atoms with van der Waals surface area (Å²) in [5.41, 5.74) is 1.45. The van der Waals surface area contributed by atoms with E-state index in [4.69, 9.17) is 39.5 Å². The molecule has 2 rings (SSSR count). The molecule has 132 valence electrons. The molecule has 0 saturated heterocycles. The van der Waals surface area contributed by atoms with Crippen LogP contribution >= 0.6 is 34.8 Å². The molecule has 0 spiro atoms. The Morgan fingerprint density at radius 2 is 1.80 bits per heavy atom. The zero-order valence-electron chi connectivity index (χ0n) is 13.4. The maximum Gasteiger partial charge on any atom is 0.310 e. The van der Waals surface area contributed by atoms with Gasteiger partial charge in [-0.15, -0.1) is 0 Å². The highest BCUT2D eigenvalue weighted by molar-refractivity contribution is 6.35. The Morgan fingerprint density at radius 1 is 1.08 bits per heavy atom. The van der Waals surface area contributed by atoms with Crippen LogP contribution in [0.4, 0.5) is 0 Å². The minimum atomic E-state index is -0.546. The number of amides is 1. The van der Waals surface area contributed by atoms with Crippen molar-refractivity contribution in [1.29, 1.82) is 0 Å². The fourth-order valence-corrected chi connectivity index (χ4v) is 2.83. The fourth-order valence-electron chi connectivity index (χ4n) is 2.16. The topological polar surface area (TPSA) is 55.4 Å². The van der Waals surface area contributed by atoms with Gasteiger partial charge in [-0.1, -0.05) is 53.0 Å². The van der Waals surface area contributed by atoms with Gasteiger partial charge in [0, 0.05) is 15.1 Å². The van der Waals surface area contributed by atoms with Crippen LogP contribution in [0.15, 0.2) is 42.5 Å². The van der Waals surface area contributed by atoms with Crippen molar-refractivity contribution in [2.24, 2.45) is 0 Å². The Bertz CT molecular complexity index is 780. The van der Waals surface area contributed by atoms with Crippen molar-refractivity contribution in [1.82, 2.24) is 5.32 Å². The Morgan fingerprint density at radius 3 is 2.48 bits per heavy atom. The summed E-state index contributed by atoms with van der Waals surface area (Å²) in [6.45, 7) is 1.45. The predicted octanol–water partition coefficient (Wildman–Crippen LogP) is 4.61. The average Bonchev–Trinajstić information content (AvgIpc) is 2.55. The zero-order valence-corrected chi connectivity index (χ0v) is 15.7. The predicted molar refractivity (Wildman–Crippen MR) is 99.1 cm³/mol. The van der Waals surface area contributed by atoms with E-state index >= 15 is 0 Å². The molecule has 0 aliphatic carbocycles. The van der Waals surface area contributed by atoms with Crippen molar-refractivity contribution in [2.75, 3.05) is 6.61 Å². The number of esters is 1. The summed E-state index contributed by atoms with van der Waals surface area (Å²) in [6.07, 6.45) is -0.0346. The Hall–Kier alpha value is -1.75. The molecule has 25 heavy (non-hydrogen) atoms. The van der Waals surface area contributed by atoms with Gasteiger partial charge in [0.25, 0.3) is 5.91 Å². The largest absolute Gasteiger partial charge is 0.455 e. The number of carbonyl (C=O) groups is 2. The van der Waals surface area contributed by atoms with Crippen molar-refractivity contribution < 1.29 is 14.3 Å². The van der Waals surface area contributed by atoms with Crippen LogP contribution in [0.3, 0.4) is 0 Å². The molecule has 0 aliphatic heterocycles. The third-order valence-electron chi connectivity index (χ3n) is 3.44. The number of ether oxygens (including phenoxy) is 1. The molecule has 0 bridgehead atoms. The number of nitrogens with one attached hydrogen (secondary N) is 1. The third-order valence-corrected chi connectivity index (χ3v) is 4.26. The van der Waals surface area contributed by atoms with Crippen molar-refractivity contribution in [3.05, 3.63) is 68.7 Å². The third kappa shape index (κ3) is 6.24. The van der Waals surface area contributed by atoms with Crippen LogP contribution in [0.1, 0.15) is 24.1 Å². The first-order chi connectivity index (χ1) is 11.8. The molecule has 0 unspecified atom stereocenters. The number of carbonyl (C=O) groups excluding carboxylic acids is 2. The smallest absolute Gasteiger partial charge is 0.310 e. The summed E-state index contributed by atoms with van der Waals surface area (Å²) in [5, 5.41) is 4.19. The second-order valence-electron chi connectivity index (χ2n) is 5.42. The number of hydrogen-bond acceptors (Lipinski definition) is 3. The van der Waals surface area contributed by atoms with Crippen LogP contribution in [0.25, 0.3) is 0 Å². The summed E-state index contributed by atoms with van der Waals surface area (Å²) in [6, 6.07) is 11.7. The lowest BCUT2D eigenvalue weighted by Crippen LogP contribution is -2.31. The lowest BCUT2D eigenvalue weighted by atomic mass is 10.1. The van der Waals surface area contributed by atoms with Crippen LogP contribution in [0.5, 0.6) is 0 Å². The maximum absolute atomic E-state index is 11.9. The fraction of sp³-hybridized carbons (Fsp3) is 0.222. The molecule has 1 atom stereocenters. The van der Waals surface area contributed by atoms with Gasteiger partial charge in [0.15, 0.2) is 6.61 Å². The molecular formula is C18H16Cl3NO3. The first-order valence-corrected chi connectivity index (χ1v) is 8.63. The van der Waals surface area contributed by atoms with Crippen molar-refractivity contribution in [3.8, 4) is 0 Å². The SMILES string of the molecule is C[C@@H](NC(=O)COC(=O)Cc1ccc(Cl)cc1Cl)c1cccc(Cl)c1. The summed E-state index contributed by atoms with van der Waals surface area (Å²) in [5.74, 6) is -0.946. The van der Waals surface area contributed by atoms with Gasteiger partial charge in [-0.2, -0.15) is 0 Å². The summed E-state index contributed by atoms with van der Waals surface area (Å²) in [4.78, 5) is 23.8. The van der Waals surface area contributed by atoms with Crippen molar-refractivity contribution in [3.63, 3.8) is 0 Å². The van der Waals surface area contributed by atoms with Gasteiger partial charge in [-0.05, 0) is 42.3 Å². The van der Waals surface area contributed by atoms with Crippen molar-refractivity contribution >= 4 is 46.7 Å². The molecule has 7 heteroatoms. The van der Waals surface area contributed by atoms with Crippen LogP contribution in [-0.4, -0.2) is 18.5 Å². The standard InChI is InChI=1S/C18H16Cl3NO3/c1-11(12-3-2-4-14(19)7-12)22-17(23)10-25-18(24)8-13-5-6-15(20)9-16(13)21/h2-7,9,11H,8,10H2,1H3,(H,22,23)/t11-/m1/s1. The van der Waals surface area contributed by atoms with Crippen molar-refractivity contribution in [2.45, 2.75) is 19.4 Å². The molecule has 2 aromatic rings. The van der Waals surface area contributed by atoms with E-state index in [2.05, 4.69) is 5.32 Å².